The summed E-state index contributed by atoms with van der Waals surface area (Å²) >= 11 is 0. The molecule has 0 aliphatic heterocycles. The molecule has 1 heterocycles. The Morgan fingerprint density at radius 3 is 3.00 bits per heavy atom. The zero-order valence-electron chi connectivity index (χ0n) is 9.23. The lowest BCUT2D eigenvalue weighted by Gasteiger charge is -2.15. The van der Waals surface area contributed by atoms with Crippen molar-refractivity contribution in [1.82, 2.24) is 4.98 Å². The van der Waals surface area contributed by atoms with Gasteiger partial charge in [0.2, 0.25) is 0 Å². The van der Waals surface area contributed by atoms with Gasteiger partial charge in [0, 0.05) is 13.2 Å². The molecule has 1 aromatic rings. The van der Waals surface area contributed by atoms with Crippen LogP contribution in [0.1, 0.15) is 17.3 Å². The van der Waals surface area contributed by atoms with E-state index in [2.05, 4.69) is 10.3 Å². The van der Waals surface area contributed by atoms with Crippen LogP contribution in [0.15, 0.2) is 12.3 Å². The number of nitrogens with two attached hydrogens (primary N) is 1. The Balaban J connectivity index is 2.90. The van der Waals surface area contributed by atoms with Crippen molar-refractivity contribution < 1.29 is 14.6 Å². The standard InChI is InChI=1S/C10H15N3O3/c1-6(5-16-2)13-9-8(10(14)15)3-7(11)4-12-9/h3-4,6H,5,11H2,1-2H3,(H,12,13)(H,14,15). The second kappa shape index (κ2) is 5.32. The third-order valence-electron chi connectivity index (χ3n) is 1.94. The van der Waals surface area contributed by atoms with Gasteiger partial charge >= 0.3 is 5.97 Å². The van der Waals surface area contributed by atoms with Gasteiger partial charge in [0.15, 0.2) is 0 Å². The molecule has 0 aromatic carbocycles. The van der Waals surface area contributed by atoms with Gasteiger partial charge in [0.1, 0.15) is 11.4 Å². The summed E-state index contributed by atoms with van der Waals surface area (Å²) in [5.74, 6) is -0.766. The number of ether oxygens (including phenoxy) is 1. The van der Waals surface area contributed by atoms with Crippen molar-refractivity contribution in [3.05, 3.63) is 17.8 Å². The molecule has 88 valence electrons. The highest BCUT2D eigenvalue weighted by atomic mass is 16.5. The van der Waals surface area contributed by atoms with Crippen LogP contribution < -0.4 is 11.1 Å². The molecular weight excluding hydrogens is 210 g/mol. The number of carboxylic acid groups (broad SMARTS) is 1. The van der Waals surface area contributed by atoms with Gasteiger partial charge in [-0.15, -0.1) is 0 Å². The lowest BCUT2D eigenvalue weighted by atomic mass is 10.2. The van der Waals surface area contributed by atoms with Gasteiger partial charge in [-0.3, -0.25) is 0 Å². The van der Waals surface area contributed by atoms with Crippen molar-refractivity contribution in [3.63, 3.8) is 0 Å². The number of methoxy groups -OCH3 is 1. The Labute approximate surface area is 93.4 Å². The van der Waals surface area contributed by atoms with Gasteiger partial charge in [0.05, 0.1) is 18.5 Å². The van der Waals surface area contributed by atoms with Crippen molar-refractivity contribution in [2.24, 2.45) is 0 Å². The predicted molar refractivity (Wildman–Crippen MR) is 60.6 cm³/mol. The van der Waals surface area contributed by atoms with E-state index in [1.807, 2.05) is 6.92 Å². The lowest BCUT2D eigenvalue weighted by Crippen LogP contribution is -2.23. The summed E-state index contributed by atoms with van der Waals surface area (Å²) < 4.78 is 4.94. The number of pyridine rings is 1. The summed E-state index contributed by atoms with van der Waals surface area (Å²) in [6.45, 7) is 2.33. The normalized spacial score (nSPS) is 12.1. The minimum Gasteiger partial charge on any atom is -0.478 e. The van der Waals surface area contributed by atoms with E-state index in [0.717, 1.165) is 0 Å². The van der Waals surface area contributed by atoms with Crippen LogP contribution in [0.2, 0.25) is 0 Å². The average Bonchev–Trinajstić information content (AvgIpc) is 2.20. The van der Waals surface area contributed by atoms with Crippen LogP contribution in [-0.4, -0.2) is 35.8 Å². The van der Waals surface area contributed by atoms with Crippen LogP contribution in [-0.2, 0) is 4.74 Å². The molecule has 0 saturated carbocycles. The molecule has 0 saturated heterocycles. The predicted octanol–water partition coefficient (Wildman–Crippen LogP) is 0.809. The Morgan fingerprint density at radius 1 is 1.75 bits per heavy atom. The molecule has 0 bridgehead atoms. The van der Waals surface area contributed by atoms with E-state index >= 15 is 0 Å². The van der Waals surface area contributed by atoms with Crippen LogP contribution in [0.5, 0.6) is 0 Å². The number of carboxylic acids is 1. The molecule has 6 heteroatoms. The number of aromatic nitrogens is 1. The molecule has 1 aromatic heterocycles. The molecular formula is C10H15N3O3. The molecule has 0 fully saturated rings. The van der Waals surface area contributed by atoms with Gasteiger partial charge in [-0.2, -0.15) is 0 Å². The minimum atomic E-state index is -1.06. The maximum atomic E-state index is 10.9. The second-order valence-electron chi connectivity index (χ2n) is 3.47. The maximum absolute atomic E-state index is 10.9. The van der Waals surface area contributed by atoms with Crippen molar-refractivity contribution in [2.45, 2.75) is 13.0 Å². The molecule has 1 rings (SSSR count). The average molecular weight is 225 g/mol. The fourth-order valence-corrected chi connectivity index (χ4v) is 1.28. The quantitative estimate of drug-likeness (QED) is 0.686. The van der Waals surface area contributed by atoms with Crippen LogP contribution in [0.25, 0.3) is 0 Å². The van der Waals surface area contributed by atoms with E-state index in [4.69, 9.17) is 15.6 Å². The highest BCUT2D eigenvalue weighted by molar-refractivity contribution is 5.94. The molecule has 0 aliphatic carbocycles. The van der Waals surface area contributed by atoms with Gasteiger partial charge < -0.3 is 20.9 Å². The van der Waals surface area contributed by atoms with E-state index in [-0.39, 0.29) is 11.6 Å². The summed E-state index contributed by atoms with van der Waals surface area (Å²) in [4.78, 5) is 14.9. The molecule has 0 amide bonds. The number of carbonyl (C=O) groups is 1. The molecule has 1 atom stereocenters. The first-order valence-corrected chi connectivity index (χ1v) is 4.79. The van der Waals surface area contributed by atoms with Crippen LogP contribution in [0, 0.1) is 0 Å². The minimum absolute atomic E-state index is 0.0285. The summed E-state index contributed by atoms with van der Waals surface area (Å²) in [7, 11) is 1.58. The van der Waals surface area contributed by atoms with Gasteiger partial charge in [-0.25, -0.2) is 9.78 Å². The fourth-order valence-electron chi connectivity index (χ4n) is 1.28. The number of nitrogens with one attached hydrogen (secondary N) is 1. The van der Waals surface area contributed by atoms with E-state index in [1.54, 1.807) is 7.11 Å². The number of anilines is 2. The lowest BCUT2D eigenvalue weighted by molar-refractivity contribution is 0.0697. The largest absolute Gasteiger partial charge is 0.478 e. The molecule has 0 aliphatic rings. The van der Waals surface area contributed by atoms with E-state index in [1.165, 1.54) is 12.3 Å². The van der Waals surface area contributed by atoms with Crippen LogP contribution >= 0.6 is 0 Å². The topological polar surface area (TPSA) is 97.5 Å². The van der Waals surface area contributed by atoms with Gasteiger partial charge in [-0.1, -0.05) is 0 Å². The van der Waals surface area contributed by atoms with Crippen LogP contribution in [0.4, 0.5) is 11.5 Å². The third-order valence-corrected chi connectivity index (χ3v) is 1.94. The molecule has 0 radical (unpaired) electrons. The van der Waals surface area contributed by atoms with E-state index in [0.29, 0.717) is 18.1 Å². The first-order valence-electron chi connectivity index (χ1n) is 4.79. The highest BCUT2D eigenvalue weighted by Crippen LogP contribution is 2.16. The Morgan fingerprint density at radius 2 is 2.44 bits per heavy atom. The zero-order chi connectivity index (χ0) is 12.1. The first kappa shape index (κ1) is 12.3. The molecule has 1 unspecified atom stereocenters. The maximum Gasteiger partial charge on any atom is 0.339 e. The number of nitrogen functional groups attached to an aromatic ring is 1. The summed E-state index contributed by atoms with van der Waals surface area (Å²) in [5, 5.41) is 11.9. The molecule has 16 heavy (non-hydrogen) atoms. The van der Waals surface area contributed by atoms with Crippen molar-refractivity contribution in [2.75, 3.05) is 24.8 Å². The fraction of sp³-hybridized carbons (Fsp3) is 0.400. The van der Waals surface area contributed by atoms with Crippen molar-refractivity contribution in [3.8, 4) is 0 Å². The Bertz CT molecular complexity index is 382. The zero-order valence-corrected chi connectivity index (χ0v) is 9.23. The monoisotopic (exact) mass is 225 g/mol. The van der Waals surface area contributed by atoms with Crippen molar-refractivity contribution >= 4 is 17.5 Å². The Hall–Kier alpha value is -1.82. The molecule has 4 N–H and O–H groups in total. The van der Waals surface area contributed by atoms with Crippen LogP contribution in [0.3, 0.4) is 0 Å². The SMILES string of the molecule is COCC(C)Nc1ncc(N)cc1C(=O)O. The highest BCUT2D eigenvalue weighted by Gasteiger charge is 2.13. The number of rotatable bonds is 5. The smallest absolute Gasteiger partial charge is 0.339 e. The molecule has 0 spiro atoms. The Kier molecular flexibility index (Phi) is 4.07. The summed E-state index contributed by atoms with van der Waals surface area (Å²) in [5.41, 5.74) is 5.86. The summed E-state index contributed by atoms with van der Waals surface area (Å²) in [6.07, 6.45) is 1.41. The number of nitrogens with zero attached hydrogens (tertiary/aromatic N) is 1. The molecule has 6 nitrogen and oxygen atoms in total. The first-order chi connectivity index (χ1) is 7.54. The van der Waals surface area contributed by atoms with E-state index in [9.17, 15) is 4.79 Å². The van der Waals surface area contributed by atoms with Gasteiger partial charge in [0.25, 0.3) is 0 Å². The number of aromatic carboxylic acids is 1. The summed E-state index contributed by atoms with van der Waals surface area (Å²) in [6, 6.07) is 1.34. The van der Waals surface area contributed by atoms with E-state index < -0.39 is 5.97 Å². The third kappa shape index (κ3) is 3.09. The number of hydrogen-bond donors (Lipinski definition) is 3. The number of hydrogen-bond acceptors (Lipinski definition) is 5. The second-order valence-corrected chi connectivity index (χ2v) is 3.47. The van der Waals surface area contributed by atoms with Gasteiger partial charge in [-0.05, 0) is 13.0 Å². The van der Waals surface area contributed by atoms with Crippen molar-refractivity contribution in [1.29, 1.82) is 0 Å².